The van der Waals surface area contributed by atoms with Gasteiger partial charge < -0.3 is 10.2 Å². The fourth-order valence-electron chi connectivity index (χ4n) is 6.47. The Morgan fingerprint density at radius 3 is 1.12 bits per heavy atom. The predicted octanol–water partition coefficient (Wildman–Crippen LogP) is 9.43. The molecule has 2 N–H and O–H groups in total. The van der Waals surface area contributed by atoms with E-state index in [1.807, 2.05) is 121 Å². The highest BCUT2D eigenvalue weighted by Crippen LogP contribution is 2.56. The molecule has 0 saturated heterocycles. The fraction of sp³-hybridized carbons (Fsp3) is 0.0526. The van der Waals surface area contributed by atoms with Crippen LogP contribution in [0.1, 0.15) is 33.4 Å². The maximum absolute atomic E-state index is 13.2. The van der Waals surface area contributed by atoms with Gasteiger partial charge in [0.1, 0.15) is 11.2 Å². The van der Waals surface area contributed by atoms with Gasteiger partial charge in [-0.15, -0.1) is 0 Å². The van der Waals surface area contributed by atoms with Crippen LogP contribution in [-0.4, -0.2) is 10.2 Å². The number of halogens is 2. The lowest BCUT2D eigenvalue weighted by molar-refractivity contribution is 0.0752. The van der Waals surface area contributed by atoms with E-state index >= 15 is 0 Å². The first-order chi connectivity index (χ1) is 20.4. The van der Waals surface area contributed by atoms with Crippen LogP contribution in [0.2, 0.25) is 0 Å². The van der Waals surface area contributed by atoms with Gasteiger partial charge in [-0.05, 0) is 57.6 Å². The number of aliphatic hydroxyl groups is 2. The lowest BCUT2D eigenvalue weighted by Crippen LogP contribution is -2.44. The quantitative estimate of drug-likeness (QED) is 0.196. The molecule has 2 atom stereocenters. The minimum Gasteiger partial charge on any atom is -0.376 e. The highest BCUT2D eigenvalue weighted by Gasteiger charge is 2.52. The summed E-state index contributed by atoms with van der Waals surface area (Å²) in [6, 6.07) is 47.8. The molecule has 42 heavy (non-hydrogen) atoms. The van der Waals surface area contributed by atoms with E-state index in [1.165, 1.54) is 0 Å². The van der Waals surface area contributed by atoms with E-state index in [9.17, 15) is 10.2 Å². The third kappa shape index (κ3) is 4.13. The van der Waals surface area contributed by atoms with Crippen LogP contribution < -0.4 is 0 Å². The van der Waals surface area contributed by atoms with E-state index in [1.54, 1.807) is 0 Å². The van der Waals surface area contributed by atoms with Crippen LogP contribution in [0.5, 0.6) is 0 Å². The van der Waals surface area contributed by atoms with Crippen LogP contribution >= 0.6 is 31.9 Å². The minimum absolute atomic E-state index is 0.625. The number of benzene rings is 6. The van der Waals surface area contributed by atoms with Crippen LogP contribution in [0, 0.1) is 0 Å². The first-order valence-corrected chi connectivity index (χ1v) is 15.4. The van der Waals surface area contributed by atoms with Gasteiger partial charge in [0.05, 0.1) is 0 Å². The van der Waals surface area contributed by atoms with Gasteiger partial charge in [0, 0.05) is 31.2 Å². The first-order valence-electron chi connectivity index (χ1n) is 13.8. The summed E-state index contributed by atoms with van der Waals surface area (Å²) in [5, 5.41) is 26.4. The second-order valence-corrected chi connectivity index (χ2v) is 12.5. The van der Waals surface area contributed by atoms with Gasteiger partial charge >= 0.3 is 0 Å². The van der Waals surface area contributed by atoms with Gasteiger partial charge in [-0.2, -0.15) is 0 Å². The molecule has 6 aromatic carbocycles. The van der Waals surface area contributed by atoms with Crippen molar-refractivity contribution in [3.63, 3.8) is 0 Å². The molecule has 1 aliphatic carbocycles. The van der Waals surface area contributed by atoms with Crippen molar-refractivity contribution in [2.75, 3.05) is 0 Å². The molecule has 6 aromatic rings. The predicted molar refractivity (Wildman–Crippen MR) is 176 cm³/mol. The lowest BCUT2D eigenvalue weighted by Gasteiger charge is -2.46. The molecule has 0 aromatic heterocycles. The third-order valence-electron chi connectivity index (χ3n) is 8.33. The summed E-state index contributed by atoms with van der Waals surface area (Å²) in [4.78, 5) is 0. The van der Waals surface area contributed by atoms with Crippen molar-refractivity contribution in [2.45, 2.75) is 11.2 Å². The van der Waals surface area contributed by atoms with Gasteiger partial charge in [0.2, 0.25) is 0 Å². The van der Waals surface area contributed by atoms with Gasteiger partial charge in [-0.25, -0.2) is 0 Å². The molecule has 0 heterocycles. The normalized spacial score (nSPS) is 19.1. The summed E-state index contributed by atoms with van der Waals surface area (Å²) in [6.07, 6.45) is 0. The summed E-state index contributed by atoms with van der Waals surface area (Å²) in [5.74, 6) is 0. The second kappa shape index (κ2) is 10.5. The average Bonchev–Trinajstić information content (AvgIpc) is 3.04. The van der Waals surface area contributed by atoms with Gasteiger partial charge in [-0.3, -0.25) is 0 Å². The van der Waals surface area contributed by atoms with E-state index in [4.69, 9.17) is 0 Å². The molecule has 204 valence electrons. The molecule has 7 rings (SSSR count). The van der Waals surface area contributed by atoms with Crippen molar-refractivity contribution in [3.05, 3.63) is 188 Å². The fourth-order valence-corrected chi connectivity index (χ4v) is 7.19. The van der Waals surface area contributed by atoms with E-state index in [2.05, 4.69) is 56.1 Å². The Hall–Kier alpha value is -3.80. The summed E-state index contributed by atoms with van der Waals surface area (Å²) < 4.78 is 1.63. The van der Waals surface area contributed by atoms with Crippen molar-refractivity contribution in [1.82, 2.24) is 0 Å². The zero-order chi connectivity index (χ0) is 28.9. The molecule has 0 aliphatic heterocycles. The van der Waals surface area contributed by atoms with Crippen LogP contribution in [0.4, 0.5) is 0 Å². The average molecular weight is 674 g/mol. The van der Waals surface area contributed by atoms with Crippen LogP contribution in [0.25, 0.3) is 22.3 Å². The Balaban J connectivity index is 1.60. The standard InChI is InChI=1S/C38H26Br2O2/c39-27-20-22-34-35(23-27)37(41,31-17-9-7-15-29(31)25-11-3-1-4-12-25)33-21-19-28(40)24-36(33)38(34,42)32-18-10-8-16-30(32)26-13-5-2-6-14-26/h1-24,41-42H. The number of rotatable bonds is 4. The van der Waals surface area contributed by atoms with Crippen LogP contribution in [-0.2, 0) is 11.2 Å². The number of hydrogen-bond acceptors (Lipinski definition) is 2. The third-order valence-corrected chi connectivity index (χ3v) is 9.31. The molecule has 4 heteroatoms. The Kier molecular flexibility index (Phi) is 6.75. The zero-order valence-corrected chi connectivity index (χ0v) is 25.7. The smallest absolute Gasteiger partial charge is 0.141 e. The summed E-state index contributed by atoms with van der Waals surface area (Å²) in [6.45, 7) is 0. The largest absolute Gasteiger partial charge is 0.376 e. The second-order valence-electron chi connectivity index (χ2n) is 10.6. The molecule has 0 saturated carbocycles. The molecule has 0 radical (unpaired) electrons. The number of fused-ring (bicyclic) bond motifs is 2. The van der Waals surface area contributed by atoms with Gasteiger partial charge in [0.15, 0.2) is 0 Å². The Morgan fingerprint density at radius 2 is 0.714 bits per heavy atom. The van der Waals surface area contributed by atoms with Crippen molar-refractivity contribution >= 4 is 31.9 Å². The lowest BCUT2D eigenvalue weighted by atomic mass is 9.62. The van der Waals surface area contributed by atoms with Crippen LogP contribution in [0.15, 0.2) is 155 Å². The highest BCUT2D eigenvalue weighted by molar-refractivity contribution is 9.10. The molecule has 0 fully saturated rings. The van der Waals surface area contributed by atoms with Gasteiger partial charge in [0.25, 0.3) is 0 Å². The van der Waals surface area contributed by atoms with Crippen molar-refractivity contribution in [1.29, 1.82) is 0 Å². The molecule has 0 amide bonds. The molecular formula is C38H26Br2O2. The Bertz CT molecular complexity index is 1790. The highest BCUT2D eigenvalue weighted by atomic mass is 79.9. The maximum Gasteiger partial charge on any atom is 0.141 e. The van der Waals surface area contributed by atoms with E-state index in [-0.39, 0.29) is 0 Å². The minimum atomic E-state index is -1.56. The van der Waals surface area contributed by atoms with Crippen molar-refractivity contribution < 1.29 is 10.2 Å². The Morgan fingerprint density at radius 1 is 0.357 bits per heavy atom. The van der Waals surface area contributed by atoms with Crippen molar-refractivity contribution in [2.24, 2.45) is 0 Å². The summed E-state index contributed by atoms with van der Waals surface area (Å²) in [7, 11) is 0. The van der Waals surface area contributed by atoms with E-state index in [0.29, 0.717) is 22.3 Å². The zero-order valence-electron chi connectivity index (χ0n) is 22.5. The SMILES string of the molecule is OC1(c2ccccc2-c2ccccc2)c2ccc(Br)cc2C(O)(c2ccccc2-c2ccccc2)c2ccc(Br)cc21. The summed E-state index contributed by atoms with van der Waals surface area (Å²) >= 11 is 7.35. The molecule has 0 spiro atoms. The maximum atomic E-state index is 13.2. The Labute approximate surface area is 262 Å². The molecule has 2 unspecified atom stereocenters. The number of hydrogen-bond donors (Lipinski definition) is 2. The monoisotopic (exact) mass is 672 g/mol. The van der Waals surface area contributed by atoms with Gasteiger partial charge in [-0.1, -0.05) is 153 Å². The summed E-state index contributed by atoms with van der Waals surface area (Å²) in [5.41, 5.74) is 4.75. The molecule has 1 aliphatic rings. The van der Waals surface area contributed by atoms with E-state index < -0.39 is 11.2 Å². The van der Waals surface area contributed by atoms with Crippen LogP contribution in [0.3, 0.4) is 0 Å². The first kappa shape index (κ1) is 27.1. The molecule has 0 bridgehead atoms. The van der Waals surface area contributed by atoms with E-state index in [0.717, 1.165) is 42.3 Å². The topological polar surface area (TPSA) is 40.5 Å². The molecule has 2 nitrogen and oxygen atoms in total. The molecular weight excluding hydrogens is 648 g/mol. The van der Waals surface area contributed by atoms with Crippen molar-refractivity contribution in [3.8, 4) is 22.3 Å².